The van der Waals surface area contributed by atoms with E-state index in [1.807, 2.05) is 23.5 Å². The van der Waals surface area contributed by atoms with Gasteiger partial charge in [0.2, 0.25) is 0 Å². The normalized spacial score (nSPS) is 11.7. The number of hydrogen-bond donors (Lipinski definition) is 0. The second-order valence-corrected chi connectivity index (χ2v) is 12.0. The highest BCUT2D eigenvalue weighted by molar-refractivity contribution is 7.25. The minimum atomic E-state index is 0.900. The van der Waals surface area contributed by atoms with Gasteiger partial charge in [-0.05, 0) is 59.5 Å². The Bertz CT molecular complexity index is 2480. The van der Waals surface area contributed by atoms with Gasteiger partial charge >= 0.3 is 0 Å². The van der Waals surface area contributed by atoms with Crippen molar-refractivity contribution in [2.75, 3.05) is 4.90 Å². The molecule has 0 saturated carbocycles. The number of fused-ring (bicyclic) bond motifs is 7. The van der Waals surface area contributed by atoms with E-state index >= 15 is 0 Å². The van der Waals surface area contributed by atoms with Crippen molar-refractivity contribution < 1.29 is 4.42 Å². The van der Waals surface area contributed by atoms with Crippen molar-refractivity contribution in [2.45, 2.75) is 0 Å². The minimum Gasteiger partial charge on any atom is -0.456 e. The van der Waals surface area contributed by atoms with Gasteiger partial charge in [-0.15, -0.1) is 11.3 Å². The lowest BCUT2D eigenvalue weighted by Crippen LogP contribution is -2.11. The van der Waals surface area contributed by atoms with Gasteiger partial charge < -0.3 is 9.32 Å². The zero-order valence-corrected chi connectivity index (χ0v) is 24.0. The third-order valence-corrected chi connectivity index (χ3v) is 9.60. The van der Waals surface area contributed by atoms with Gasteiger partial charge in [0.15, 0.2) is 0 Å². The molecule has 0 unspecified atom stereocenters. The molecule has 9 rings (SSSR count). The van der Waals surface area contributed by atoms with Crippen LogP contribution in [0.4, 0.5) is 17.1 Å². The maximum absolute atomic E-state index is 6.31. The Hall–Kier alpha value is -5.38. The molecule has 9 aromatic rings. The van der Waals surface area contributed by atoms with Crippen LogP contribution in [0, 0.1) is 0 Å². The molecular weight excluding hydrogens is 543 g/mol. The van der Waals surface area contributed by atoms with Crippen molar-refractivity contribution in [3.8, 4) is 11.1 Å². The third kappa shape index (κ3) is 3.86. The molecule has 0 fully saturated rings. The van der Waals surface area contributed by atoms with E-state index in [4.69, 9.17) is 4.42 Å². The number of para-hydroxylation sites is 2. The van der Waals surface area contributed by atoms with Crippen LogP contribution in [0.25, 0.3) is 64.0 Å². The Morgan fingerprint density at radius 1 is 0.442 bits per heavy atom. The van der Waals surface area contributed by atoms with E-state index in [1.165, 1.54) is 30.9 Å². The summed E-state index contributed by atoms with van der Waals surface area (Å²) in [6, 6.07) is 54.4. The molecule has 0 saturated heterocycles. The highest BCUT2D eigenvalue weighted by Gasteiger charge is 2.20. The van der Waals surface area contributed by atoms with E-state index in [0.29, 0.717) is 0 Å². The quantitative estimate of drug-likeness (QED) is 0.210. The van der Waals surface area contributed by atoms with Gasteiger partial charge in [-0.2, -0.15) is 0 Å². The highest BCUT2D eigenvalue weighted by atomic mass is 32.1. The molecular formula is C40H25NOS. The van der Waals surface area contributed by atoms with Crippen molar-refractivity contribution in [2.24, 2.45) is 0 Å². The van der Waals surface area contributed by atoms with Crippen LogP contribution in [0.2, 0.25) is 0 Å². The van der Waals surface area contributed by atoms with Crippen LogP contribution in [-0.2, 0) is 0 Å². The molecule has 0 atom stereocenters. The summed E-state index contributed by atoms with van der Waals surface area (Å²) in [7, 11) is 0. The average Bonchev–Trinajstić information content (AvgIpc) is 3.63. The lowest BCUT2D eigenvalue weighted by atomic mass is 9.99. The summed E-state index contributed by atoms with van der Waals surface area (Å²) in [6.45, 7) is 0. The van der Waals surface area contributed by atoms with E-state index in [2.05, 4.69) is 144 Å². The lowest BCUT2D eigenvalue weighted by molar-refractivity contribution is 0.669. The molecule has 3 heteroatoms. The van der Waals surface area contributed by atoms with E-state index in [0.717, 1.165) is 50.1 Å². The van der Waals surface area contributed by atoms with Crippen molar-refractivity contribution >= 4 is 81.3 Å². The van der Waals surface area contributed by atoms with Crippen LogP contribution in [-0.4, -0.2) is 0 Å². The second-order valence-electron chi connectivity index (χ2n) is 10.9. The molecule has 0 aliphatic carbocycles. The minimum absolute atomic E-state index is 0.900. The number of hydrogen-bond acceptors (Lipinski definition) is 3. The van der Waals surface area contributed by atoms with E-state index in [1.54, 1.807) is 0 Å². The standard InChI is InChI=1S/C40H25NOS/c1-2-12-29-26(10-1)11-9-17-36(29)41(28-21-23-34-33-15-5-8-19-39(33)43-40(34)25-28)35-16-6-3-13-30(35)27-20-22-32-31-14-4-7-18-37(31)42-38(32)24-27/h1-25H. The van der Waals surface area contributed by atoms with Gasteiger partial charge in [0.05, 0.1) is 11.4 Å². The van der Waals surface area contributed by atoms with Crippen LogP contribution in [0.5, 0.6) is 0 Å². The Labute approximate surface area is 252 Å². The van der Waals surface area contributed by atoms with Crippen molar-refractivity contribution in [1.82, 2.24) is 0 Å². The number of thiophene rings is 1. The van der Waals surface area contributed by atoms with Gasteiger partial charge in [-0.25, -0.2) is 0 Å². The molecule has 7 aromatic carbocycles. The molecule has 43 heavy (non-hydrogen) atoms. The van der Waals surface area contributed by atoms with Crippen LogP contribution >= 0.6 is 11.3 Å². The maximum atomic E-state index is 6.31. The number of rotatable bonds is 4. The largest absolute Gasteiger partial charge is 0.456 e. The van der Waals surface area contributed by atoms with Crippen molar-refractivity contribution in [3.63, 3.8) is 0 Å². The molecule has 0 aliphatic rings. The van der Waals surface area contributed by atoms with Gasteiger partial charge in [0, 0.05) is 47.6 Å². The molecule has 0 N–H and O–H groups in total. The first-order chi connectivity index (χ1) is 21.3. The van der Waals surface area contributed by atoms with Crippen LogP contribution in [0.3, 0.4) is 0 Å². The molecule has 2 nitrogen and oxygen atoms in total. The predicted octanol–water partition coefficient (Wildman–Crippen LogP) is 12.2. The van der Waals surface area contributed by atoms with Gasteiger partial charge in [-0.3, -0.25) is 0 Å². The topological polar surface area (TPSA) is 16.4 Å². The fraction of sp³-hybridized carbons (Fsp3) is 0. The average molecular weight is 568 g/mol. The first-order valence-corrected chi connectivity index (χ1v) is 15.3. The van der Waals surface area contributed by atoms with Crippen LogP contribution < -0.4 is 4.90 Å². The number of furan rings is 1. The number of nitrogens with zero attached hydrogens (tertiary/aromatic N) is 1. The Morgan fingerprint density at radius 2 is 1.12 bits per heavy atom. The summed E-state index contributed by atoms with van der Waals surface area (Å²) in [5.74, 6) is 0. The molecule has 202 valence electrons. The lowest BCUT2D eigenvalue weighted by Gasteiger charge is -2.29. The third-order valence-electron chi connectivity index (χ3n) is 8.46. The summed E-state index contributed by atoms with van der Waals surface area (Å²) in [5.41, 5.74) is 7.48. The first-order valence-electron chi connectivity index (χ1n) is 14.5. The molecule has 2 aromatic heterocycles. The Morgan fingerprint density at radius 3 is 2.07 bits per heavy atom. The SMILES string of the molecule is c1ccc(N(c2ccc3c(c2)sc2ccccc23)c2cccc3ccccc23)c(-c2ccc3c(c2)oc2ccccc23)c1. The fourth-order valence-electron chi connectivity index (χ4n) is 6.47. The molecule has 0 spiro atoms. The van der Waals surface area contributed by atoms with Crippen molar-refractivity contribution in [3.05, 3.63) is 152 Å². The van der Waals surface area contributed by atoms with Gasteiger partial charge in [-0.1, -0.05) is 103 Å². The Balaban J connectivity index is 1.30. The van der Waals surface area contributed by atoms with E-state index < -0.39 is 0 Å². The summed E-state index contributed by atoms with van der Waals surface area (Å²) in [4.78, 5) is 2.42. The number of anilines is 3. The fourth-order valence-corrected chi connectivity index (χ4v) is 7.61. The smallest absolute Gasteiger partial charge is 0.136 e. The molecule has 0 aliphatic heterocycles. The second kappa shape index (κ2) is 9.59. The molecule has 0 amide bonds. The van der Waals surface area contributed by atoms with Crippen molar-refractivity contribution in [1.29, 1.82) is 0 Å². The summed E-state index contributed by atoms with van der Waals surface area (Å²) >= 11 is 1.85. The first kappa shape index (κ1) is 24.2. The maximum Gasteiger partial charge on any atom is 0.136 e. The summed E-state index contributed by atoms with van der Waals surface area (Å²) < 4.78 is 8.90. The zero-order valence-electron chi connectivity index (χ0n) is 23.2. The molecule has 2 heterocycles. The van der Waals surface area contributed by atoms with Crippen LogP contribution in [0.15, 0.2) is 156 Å². The predicted molar refractivity (Wildman–Crippen MR) is 184 cm³/mol. The van der Waals surface area contributed by atoms with E-state index in [9.17, 15) is 0 Å². The number of benzene rings is 7. The highest BCUT2D eigenvalue weighted by Crippen LogP contribution is 2.46. The zero-order chi connectivity index (χ0) is 28.3. The van der Waals surface area contributed by atoms with Gasteiger partial charge in [0.25, 0.3) is 0 Å². The summed E-state index contributed by atoms with van der Waals surface area (Å²) in [5, 5.41) is 7.32. The van der Waals surface area contributed by atoms with Gasteiger partial charge in [0.1, 0.15) is 11.2 Å². The summed E-state index contributed by atoms with van der Waals surface area (Å²) in [6.07, 6.45) is 0. The monoisotopic (exact) mass is 567 g/mol. The molecule has 0 bridgehead atoms. The van der Waals surface area contributed by atoms with Crippen LogP contribution in [0.1, 0.15) is 0 Å². The van der Waals surface area contributed by atoms with E-state index in [-0.39, 0.29) is 0 Å². The molecule has 0 radical (unpaired) electrons. The Kier molecular flexibility index (Phi) is 5.40.